The van der Waals surface area contributed by atoms with Crippen molar-refractivity contribution in [2.45, 2.75) is 85.5 Å². The van der Waals surface area contributed by atoms with Crippen LogP contribution in [-0.4, -0.2) is 3.21 Å². The van der Waals surface area contributed by atoms with Gasteiger partial charge in [0.15, 0.2) is 0 Å². The second-order valence-electron chi connectivity index (χ2n) is 11.7. The summed E-state index contributed by atoms with van der Waals surface area (Å²) in [6, 6.07) is 9.07. The van der Waals surface area contributed by atoms with Crippen LogP contribution in [0.5, 0.6) is 0 Å². The van der Waals surface area contributed by atoms with Crippen molar-refractivity contribution in [2.75, 3.05) is 0 Å². The maximum absolute atomic E-state index is 2.99. The molecular weight excluding hydrogens is 583 g/mol. The van der Waals surface area contributed by atoms with E-state index in [4.69, 9.17) is 0 Å². The first kappa shape index (κ1) is 33.3. The van der Waals surface area contributed by atoms with Gasteiger partial charge in [0.25, 0.3) is 0 Å². The topological polar surface area (TPSA) is 0 Å². The molecule has 6 rings (SSSR count). The average Bonchev–Trinajstić information content (AvgIpc) is 3.56. The molecule has 0 spiro atoms. The molecule has 0 aromatic heterocycles. The number of hydrogen-bond acceptors (Lipinski definition) is 0. The van der Waals surface area contributed by atoms with Gasteiger partial charge in [0.1, 0.15) is 0 Å². The van der Waals surface area contributed by atoms with Gasteiger partial charge >= 0.3 is 79.8 Å². The van der Waals surface area contributed by atoms with E-state index in [1.165, 1.54) is 50.5 Å². The third-order valence-electron chi connectivity index (χ3n) is 7.80. The van der Waals surface area contributed by atoms with Crippen molar-refractivity contribution in [1.29, 1.82) is 0 Å². The summed E-state index contributed by atoms with van der Waals surface area (Å²) < 4.78 is 1.75. The quantitative estimate of drug-likeness (QED) is 0.450. The Kier molecular flexibility index (Phi) is 14.4. The molecule has 0 bridgehead atoms. The molecule has 5 aliphatic carbocycles. The Balaban J connectivity index is 0.000000253. The molecule has 38 heavy (non-hydrogen) atoms. The number of benzene rings is 1. The maximum atomic E-state index is 2.99. The van der Waals surface area contributed by atoms with Crippen molar-refractivity contribution in [2.24, 2.45) is 23.7 Å². The normalized spacial score (nSPS) is 21.6. The van der Waals surface area contributed by atoms with Crippen molar-refractivity contribution >= 4 is 8.78 Å². The summed E-state index contributed by atoms with van der Waals surface area (Å²) in [7, 11) is 0. The van der Waals surface area contributed by atoms with Gasteiger partial charge in [-0.1, -0.05) is 66.0 Å². The molecule has 0 radical (unpaired) electrons. The van der Waals surface area contributed by atoms with E-state index < -0.39 is 0 Å². The molecule has 1 saturated carbocycles. The van der Waals surface area contributed by atoms with E-state index in [-0.39, 0.29) is 24.8 Å². The van der Waals surface area contributed by atoms with Gasteiger partial charge in [-0.25, -0.2) is 24.1 Å². The van der Waals surface area contributed by atoms with E-state index >= 15 is 0 Å². The standard InChI is InChI=1S/C21H21.C9H18.C5H5.2ClH.Zr/c1-2-8-15-14(7-1)13-20-18-11-4-3-9-16(18)17-10-5-6-12-19(17)21(15)20;1-8(2)6-5-7-9(3)4;1-2-4-5-3-1;;;/h1-2,6-8,11-12,16-17H,3-5,9-10,13H2;8-9H,6-7H2,1-4H3;1-3H,4H2;2*1H;/q-1;;-1;;;+2/p-2. The minimum absolute atomic E-state index is 0. The molecule has 0 amide bonds. The molecule has 0 heterocycles. The van der Waals surface area contributed by atoms with Crippen LogP contribution in [0.15, 0.2) is 71.4 Å². The van der Waals surface area contributed by atoms with Gasteiger partial charge < -0.3 is 24.8 Å². The largest absolute Gasteiger partial charge is 1.00 e. The molecule has 2 unspecified atom stereocenters. The van der Waals surface area contributed by atoms with Crippen molar-refractivity contribution in [1.82, 2.24) is 0 Å². The van der Waals surface area contributed by atoms with E-state index in [2.05, 4.69) is 82.7 Å². The Morgan fingerprint density at radius 2 is 1.74 bits per heavy atom. The Bertz CT molecular complexity index is 1060. The summed E-state index contributed by atoms with van der Waals surface area (Å²) in [5, 5.41) is 0. The van der Waals surface area contributed by atoms with Crippen LogP contribution in [0.25, 0.3) is 5.57 Å². The predicted octanol–water partition coefficient (Wildman–Crippen LogP) is 3.39. The molecule has 5 aliphatic rings. The second-order valence-corrected chi connectivity index (χ2v) is 13.5. The summed E-state index contributed by atoms with van der Waals surface area (Å²) >= 11 is 1.65. The summed E-state index contributed by atoms with van der Waals surface area (Å²) in [5.41, 5.74) is 9.71. The SMILES string of the molecule is C1=CC2=C3C(=C4[CH-]CCCC4C2CC1)Cc1ccccc13.CC(C)C[C](=[Zr+2])CC(C)C.[C-]1=CC=CC1.[Cl-].[Cl-]. The molecule has 0 nitrogen and oxygen atoms in total. The molecule has 1 fully saturated rings. The number of halogens is 2. The zero-order valence-electron chi connectivity index (χ0n) is 23.7. The van der Waals surface area contributed by atoms with Crippen molar-refractivity contribution < 1.29 is 49.0 Å². The van der Waals surface area contributed by atoms with E-state index in [1.54, 1.807) is 55.3 Å². The third-order valence-corrected chi connectivity index (χ3v) is 8.80. The third kappa shape index (κ3) is 8.56. The first-order valence-corrected chi connectivity index (χ1v) is 15.5. The van der Waals surface area contributed by atoms with Crippen LogP contribution in [0.2, 0.25) is 0 Å². The Hall–Kier alpha value is -0.877. The van der Waals surface area contributed by atoms with Crippen LogP contribution < -0.4 is 24.8 Å². The average molecular weight is 627 g/mol. The summed E-state index contributed by atoms with van der Waals surface area (Å²) in [5.74, 6) is 3.30. The summed E-state index contributed by atoms with van der Waals surface area (Å²) in [6.07, 6.45) is 28.0. The number of rotatable bonds is 4. The molecule has 1 aromatic rings. The molecule has 0 N–H and O–H groups in total. The van der Waals surface area contributed by atoms with Crippen molar-refractivity contribution in [3.8, 4) is 0 Å². The maximum Gasteiger partial charge on any atom is -0.109 e. The van der Waals surface area contributed by atoms with E-state index in [9.17, 15) is 0 Å². The second kappa shape index (κ2) is 16.4. The van der Waals surface area contributed by atoms with Gasteiger partial charge in [0.05, 0.1) is 0 Å². The fourth-order valence-electron chi connectivity index (χ4n) is 6.46. The van der Waals surface area contributed by atoms with Crippen LogP contribution in [0.1, 0.15) is 90.2 Å². The number of hydrogen-bond donors (Lipinski definition) is 0. The Morgan fingerprint density at radius 1 is 1.00 bits per heavy atom. The van der Waals surface area contributed by atoms with Gasteiger partial charge in [0.2, 0.25) is 0 Å². The molecule has 0 saturated heterocycles. The zero-order chi connectivity index (χ0) is 25.5. The van der Waals surface area contributed by atoms with Crippen molar-refractivity contribution in [3.63, 3.8) is 0 Å². The van der Waals surface area contributed by atoms with E-state index in [0.29, 0.717) is 0 Å². The first-order valence-electron chi connectivity index (χ1n) is 14.3. The fourth-order valence-corrected chi connectivity index (χ4v) is 8.47. The van der Waals surface area contributed by atoms with Gasteiger partial charge in [-0.2, -0.15) is 11.6 Å². The molecule has 204 valence electrons. The Labute approximate surface area is 260 Å². The minimum Gasteiger partial charge on any atom is -1.00 e. The minimum atomic E-state index is 0. The van der Waals surface area contributed by atoms with Gasteiger partial charge in [-0.05, 0) is 36.7 Å². The molecule has 2 atom stereocenters. The number of fused-ring (bicyclic) bond motifs is 6. The Morgan fingerprint density at radius 3 is 2.37 bits per heavy atom. The molecule has 0 aliphatic heterocycles. The van der Waals surface area contributed by atoms with Crippen LogP contribution in [0.4, 0.5) is 0 Å². The first-order chi connectivity index (χ1) is 17.5. The van der Waals surface area contributed by atoms with Crippen LogP contribution in [-0.2, 0) is 30.7 Å². The van der Waals surface area contributed by atoms with Gasteiger partial charge in [0, 0.05) is 0 Å². The van der Waals surface area contributed by atoms with E-state index in [1.807, 2.05) is 12.2 Å². The number of allylic oxidation sites excluding steroid dienone is 10. The summed E-state index contributed by atoms with van der Waals surface area (Å²) in [4.78, 5) is 0. The smallest absolute Gasteiger partial charge is 0.109 e. The summed E-state index contributed by atoms with van der Waals surface area (Å²) in [6.45, 7) is 9.18. The van der Waals surface area contributed by atoms with Crippen LogP contribution >= 0.6 is 0 Å². The molecular formula is C35H44Cl2Zr-2. The molecule has 3 heteroatoms. The van der Waals surface area contributed by atoms with Crippen LogP contribution in [0, 0.1) is 36.2 Å². The predicted molar refractivity (Wildman–Crippen MR) is 153 cm³/mol. The van der Waals surface area contributed by atoms with Crippen LogP contribution in [0.3, 0.4) is 0 Å². The molecule has 1 aromatic carbocycles. The fraction of sp³-hybridized carbons (Fsp3) is 0.486. The zero-order valence-corrected chi connectivity index (χ0v) is 27.7. The van der Waals surface area contributed by atoms with Gasteiger partial charge in [-0.3, -0.25) is 6.08 Å². The van der Waals surface area contributed by atoms with Crippen molar-refractivity contribution in [3.05, 3.63) is 95.0 Å². The monoisotopic (exact) mass is 624 g/mol. The van der Waals surface area contributed by atoms with E-state index in [0.717, 1.165) is 36.5 Å². The van der Waals surface area contributed by atoms with Gasteiger partial charge in [-0.15, -0.1) is 12.8 Å².